The second kappa shape index (κ2) is 9.67. The number of nitrogens with one attached hydrogen (secondary N) is 2. The Morgan fingerprint density at radius 1 is 1.21 bits per heavy atom. The third kappa shape index (κ3) is 5.45. The first-order valence-corrected chi connectivity index (χ1v) is 10.8. The molecule has 1 amide bonds. The van der Waals surface area contributed by atoms with Crippen LogP contribution in [0.2, 0.25) is 0 Å². The van der Waals surface area contributed by atoms with Crippen LogP contribution in [0, 0.1) is 24.1 Å². The molecule has 0 unspecified atom stereocenters. The number of carbonyl (C=O) groups is 1. The first kappa shape index (κ1) is 22.2. The third-order valence-corrected chi connectivity index (χ3v) is 5.39. The Balaban J connectivity index is 1.45. The molecule has 1 aromatic heterocycles. The number of ether oxygens (including phenoxy) is 1. The van der Waals surface area contributed by atoms with E-state index in [1.54, 1.807) is 24.3 Å². The van der Waals surface area contributed by atoms with Crippen molar-refractivity contribution in [2.45, 2.75) is 6.92 Å². The molecule has 0 aliphatic rings. The lowest BCUT2D eigenvalue weighted by atomic mass is 10.1. The summed E-state index contributed by atoms with van der Waals surface area (Å²) in [5.41, 5.74) is 4.40. The van der Waals surface area contributed by atoms with E-state index >= 15 is 0 Å². The van der Waals surface area contributed by atoms with Gasteiger partial charge in [-0.05, 0) is 88.6 Å². The van der Waals surface area contributed by atoms with Crippen LogP contribution in [-0.2, 0) is 4.79 Å². The number of fused-ring (bicyclic) bond motifs is 1. The monoisotopic (exact) mass is 504 g/mol. The number of aryl methyl sites for hydroxylation is 1. The van der Waals surface area contributed by atoms with Crippen LogP contribution in [0.25, 0.3) is 22.7 Å². The Morgan fingerprint density at radius 3 is 2.73 bits per heavy atom. The number of allylic oxidation sites excluding steroid dienone is 1. The van der Waals surface area contributed by atoms with Gasteiger partial charge in [-0.3, -0.25) is 4.79 Å². The Bertz CT molecular complexity index is 1400. The third-order valence-electron chi connectivity index (χ3n) is 4.77. The van der Waals surface area contributed by atoms with Gasteiger partial charge in [-0.2, -0.15) is 5.26 Å². The van der Waals surface area contributed by atoms with Crippen LogP contribution in [0.3, 0.4) is 0 Å². The summed E-state index contributed by atoms with van der Waals surface area (Å²) < 4.78 is 19.2. The molecule has 0 fully saturated rings. The topological polar surface area (TPSA) is 90.8 Å². The lowest BCUT2D eigenvalue weighted by Crippen LogP contribution is -2.20. The number of aromatic amines is 1. The number of amides is 1. The van der Waals surface area contributed by atoms with E-state index in [-0.39, 0.29) is 18.3 Å². The Kier molecular flexibility index (Phi) is 6.52. The Morgan fingerprint density at radius 2 is 2.00 bits per heavy atom. The van der Waals surface area contributed by atoms with Crippen LogP contribution in [0.4, 0.5) is 10.1 Å². The highest BCUT2D eigenvalue weighted by atomic mass is 79.9. The molecule has 0 radical (unpaired) electrons. The zero-order valence-corrected chi connectivity index (χ0v) is 19.1. The molecule has 0 saturated carbocycles. The number of halogens is 2. The number of H-pyrrole nitrogens is 1. The van der Waals surface area contributed by atoms with Crippen molar-refractivity contribution in [2.75, 3.05) is 11.9 Å². The SMILES string of the molecule is Cc1ccc2nc(/C(C#N)=C\c3ccc(OCC(=O)Nc4ccc(F)cc4)c(Br)c3)[nH]c2c1. The van der Waals surface area contributed by atoms with Crippen molar-refractivity contribution in [3.63, 3.8) is 0 Å². The van der Waals surface area contributed by atoms with Crippen molar-refractivity contribution < 1.29 is 13.9 Å². The van der Waals surface area contributed by atoms with Crippen molar-refractivity contribution >= 4 is 50.2 Å². The number of nitriles is 1. The van der Waals surface area contributed by atoms with Crippen molar-refractivity contribution in [1.82, 2.24) is 9.97 Å². The molecule has 6 nitrogen and oxygen atoms in total. The first-order chi connectivity index (χ1) is 15.9. The number of rotatable bonds is 6. The number of aromatic nitrogens is 2. The summed E-state index contributed by atoms with van der Waals surface area (Å²) in [7, 11) is 0. The van der Waals surface area contributed by atoms with Gasteiger partial charge in [0.05, 0.1) is 21.1 Å². The normalized spacial score (nSPS) is 11.3. The van der Waals surface area contributed by atoms with Crippen LogP contribution in [0.1, 0.15) is 17.0 Å². The van der Waals surface area contributed by atoms with E-state index in [2.05, 4.69) is 37.3 Å². The molecule has 2 N–H and O–H groups in total. The molecule has 4 aromatic rings. The fourth-order valence-electron chi connectivity index (χ4n) is 3.17. The molecular weight excluding hydrogens is 487 g/mol. The van der Waals surface area contributed by atoms with Crippen LogP contribution in [0.15, 0.2) is 65.1 Å². The molecule has 0 saturated heterocycles. The Hall–Kier alpha value is -3.96. The van der Waals surface area contributed by atoms with Crippen molar-refractivity contribution in [3.8, 4) is 11.8 Å². The lowest BCUT2D eigenvalue weighted by Gasteiger charge is -2.09. The van der Waals surface area contributed by atoms with Gasteiger partial charge in [0.1, 0.15) is 23.5 Å². The van der Waals surface area contributed by atoms with Crippen molar-refractivity contribution in [3.05, 3.63) is 87.9 Å². The summed E-state index contributed by atoms with van der Waals surface area (Å²) >= 11 is 3.44. The Labute approximate surface area is 197 Å². The average molecular weight is 505 g/mol. The van der Waals surface area contributed by atoms with E-state index in [4.69, 9.17) is 4.74 Å². The minimum Gasteiger partial charge on any atom is -0.483 e. The van der Waals surface area contributed by atoms with Gasteiger partial charge < -0.3 is 15.0 Å². The number of anilines is 1. The molecule has 0 bridgehead atoms. The highest BCUT2D eigenvalue weighted by molar-refractivity contribution is 9.10. The van der Waals surface area contributed by atoms with Gasteiger partial charge in [-0.15, -0.1) is 0 Å². The molecule has 0 aliphatic carbocycles. The zero-order valence-electron chi connectivity index (χ0n) is 17.5. The molecule has 0 atom stereocenters. The molecule has 33 heavy (non-hydrogen) atoms. The number of hydrogen-bond donors (Lipinski definition) is 2. The van der Waals surface area contributed by atoms with Crippen LogP contribution in [-0.4, -0.2) is 22.5 Å². The highest BCUT2D eigenvalue weighted by Gasteiger charge is 2.10. The van der Waals surface area contributed by atoms with Crippen molar-refractivity contribution in [2.24, 2.45) is 0 Å². The number of imidazole rings is 1. The van der Waals surface area contributed by atoms with Gasteiger partial charge in [-0.25, -0.2) is 9.37 Å². The second-order valence-corrected chi connectivity index (χ2v) is 8.16. The van der Waals surface area contributed by atoms with E-state index in [9.17, 15) is 14.4 Å². The van der Waals surface area contributed by atoms with Gasteiger partial charge in [0.15, 0.2) is 6.61 Å². The molecule has 164 valence electrons. The molecule has 8 heteroatoms. The summed E-state index contributed by atoms with van der Waals surface area (Å²) in [6.45, 7) is 1.78. The maximum absolute atomic E-state index is 13.0. The minimum absolute atomic E-state index is 0.215. The van der Waals surface area contributed by atoms with E-state index in [0.717, 1.165) is 22.2 Å². The van der Waals surface area contributed by atoms with Gasteiger partial charge in [0.25, 0.3) is 5.91 Å². The van der Waals surface area contributed by atoms with Gasteiger partial charge in [0, 0.05) is 5.69 Å². The molecule has 3 aromatic carbocycles. The summed E-state index contributed by atoms with van der Waals surface area (Å²) in [6, 6.07) is 18.8. The van der Waals surface area contributed by atoms with E-state index in [0.29, 0.717) is 27.3 Å². The van der Waals surface area contributed by atoms with Gasteiger partial charge in [0.2, 0.25) is 0 Å². The second-order valence-electron chi connectivity index (χ2n) is 7.31. The maximum Gasteiger partial charge on any atom is 0.262 e. The zero-order chi connectivity index (χ0) is 23.4. The predicted molar refractivity (Wildman–Crippen MR) is 129 cm³/mol. The van der Waals surface area contributed by atoms with Crippen LogP contribution >= 0.6 is 15.9 Å². The van der Waals surface area contributed by atoms with E-state index < -0.39 is 0 Å². The lowest BCUT2D eigenvalue weighted by molar-refractivity contribution is -0.118. The molecule has 0 aliphatic heterocycles. The summed E-state index contributed by atoms with van der Waals surface area (Å²) in [5.74, 6) is 0.216. The summed E-state index contributed by atoms with van der Waals surface area (Å²) in [6.07, 6.45) is 1.72. The number of nitrogens with zero attached hydrogens (tertiary/aromatic N) is 2. The number of hydrogen-bond acceptors (Lipinski definition) is 4. The number of carbonyl (C=O) groups excluding carboxylic acids is 1. The van der Waals surface area contributed by atoms with Crippen LogP contribution in [0.5, 0.6) is 5.75 Å². The standard InChI is InChI=1S/C25H18BrFN4O2/c1-15-2-8-21-22(10-15)31-25(30-21)17(13-28)11-16-3-9-23(20(26)12-16)33-14-24(32)29-19-6-4-18(27)5-7-19/h2-12H,14H2,1H3,(H,29,32)(H,30,31)/b17-11-. The van der Waals surface area contributed by atoms with Crippen molar-refractivity contribution in [1.29, 1.82) is 5.26 Å². The van der Waals surface area contributed by atoms with E-state index in [1.165, 1.54) is 24.3 Å². The molecule has 4 rings (SSSR count). The van der Waals surface area contributed by atoms with E-state index in [1.807, 2.05) is 25.1 Å². The fourth-order valence-corrected chi connectivity index (χ4v) is 3.68. The summed E-state index contributed by atoms with van der Waals surface area (Å²) in [4.78, 5) is 19.8. The summed E-state index contributed by atoms with van der Waals surface area (Å²) in [5, 5.41) is 12.3. The maximum atomic E-state index is 13.0. The largest absolute Gasteiger partial charge is 0.483 e. The molecule has 0 spiro atoms. The molecular formula is C25H18BrFN4O2. The molecule has 1 heterocycles. The first-order valence-electron chi connectivity index (χ1n) is 9.97. The highest BCUT2D eigenvalue weighted by Crippen LogP contribution is 2.28. The van der Waals surface area contributed by atoms with Gasteiger partial charge in [-0.1, -0.05) is 12.1 Å². The average Bonchev–Trinajstić information content (AvgIpc) is 3.21. The van der Waals surface area contributed by atoms with Gasteiger partial charge >= 0.3 is 0 Å². The fraction of sp³-hybridized carbons (Fsp3) is 0.0800. The van der Waals surface area contributed by atoms with Crippen LogP contribution < -0.4 is 10.1 Å². The quantitative estimate of drug-likeness (QED) is 0.322. The smallest absolute Gasteiger partial charge is 0.262 e. The predicted octanol–water partition coefficient (Wildman–Crippen LogP) is 5.85. The minimum atomic E-state index is -0.378. The number of benzene rings is 3.